The predicted octanol–water partition coefficient (Wildman–Crippen LogP) is 5.86. The maximum Gasteiger partial charge on any atom is 0.0624 e. The molecule has 1 atom stereocenters. The van der Waals surface area contributed by atoms with Crippen LogP contribution in [0.4, 0.5) is 0 Å². The van der Waals surface area contributed by atoms with Gasteiger partial charge >= 0.3 is 0 Å². The standard InChI is InChI=1S/C15H13BrCl2IN/c1-20-14(11-8-10(16)5-6-13(11)19)7-9-3-2-4-12(17)15(9)18/h2-6,8,14,20H,7H2,1H3. The van der Waals surface area contributed by atoms with Crippen LogP contribution in [0.2, 0.25) is 10.0 Å². The molecule has 0 aliphatic rings. The first kappa shape index (κ1) is 16.6. The van der Waals surface area contributed by atoms with Crippen LogP contribution in [0.1, 0.15) is 17.2 Å². The Labute approximate surface area is 151 Å². The van der Waals surface area contributed by atoms with Crippen LogP contribution in [-0.4, -0.2) is 7.05 Å². The zero-order valence-electron chi connectivity index (χ0n) is 10.8. The van der Waals surface area contributed by atoms with Crippen molar-refractivity contribution in [3.63, 3.8) is 0 Å². The van der Waals surface area contributed by atoms with E-state index in [2.05, 4.69) is 56.0 Å². The van der Waals surface area contributed by atoms with Crippen LogP contribution in [0.15, 0.2) is 40.9 Å². The van der Waals surface area contributed by atoms with Crippen molar-refractivity contribution in [2.45, 2.75) is 12.5 Å². The molecule has 20 heavy (non-hydrogen) atoms. The number of hydrogen-bond donors (Lipinski definition) is 1. The monoisotopic (exact) mass is 483 g/mol. The Balaban J connectivity index is 2.34. The Hall–Kier alpha value is 0.190. The number of benzene rings is 2. The second-order valence-electron chi connectivity index (χ2n) is 4.42. The van der Waals surface area contributed by atoms with E-state index in [0.29, 0.717) is 10.0 Å². The molecule has 2 rings (SSSR count). The topological polar surface area (TPSA) is 12.0 Å². The minimum atomic E-state index is 0.190. The number of likely N-dealkylation sites (N-methyl/N-ethyl adjacent to an activating group) is 1. The van der Waals surface area contributed by atoms with E-state index < -0.39 is 0 Å². The van der Waals surface area contributed by atoms with Crippen molar-refractivity contribution in [1.82, 2.24) is 5.32 Å². The van der Waals surface area contributed by atoms with E-state index in [1.165, 1.54) is 9.13 Å². The Morgan fingerprint density at radius 1 is 1.25 bits per heavy atom. The van der Waals surface area contributed by atoms with E-state index in [9.17, 15) is 0 Å². The van der Waals surface area contributed by atoms with Crippen molar-refractivity contribution in [3.05, 3.63) is 65.6 Å². The lowest BCUT2D eigenvalue weighted by molar-refractivity contribution is 0.589. The van der Waals surface area contributed by atoms with E-state index in [1.807, 2.05) is 31.3 Å². The highest BCUT2D eigenvalue weighted by atomic mass is 127. The van der Waals surface area contributed by atoms with Gasteiger partial charge in [-0.15, -0.1) is 0 Å². The van der Waals surface area contributed by atoms with Gasteiger partial charge in [0.1, 0.15) is 0 Å². The summed E-state index contributed by atoms with van der Waals surface area (Å²) in [6, 6.07) is 12.2. The number of hydrogen-bond acceptors (Lipinski definition) is 1. The van der Waals surface area contributed by atoms with E-state index in [-0.39, 0.29) is 6.04 Å². The summed E-state index contributed by atoms with van der Waals surface area (Å²) < 4.78 is 2.30. The van der Waals surface area contributed by atoms with Crippen molar-refractivity contribution in [3.8, 4) is 0 Å². The Morgan fingerprint density at radius 3 is 2.70 bits per heavy atom. The van der Waals surface area contributed by atoms with Gasteiger partial charge in [0, 0.05) is 14.1 Å². The molecular formula is C15H13BrCl2IN. The summed E-state index contributed by atoms with van der Waals surface area (Å²) in [5.41, 5.74) is 2.30. The minimum Gasteiger partial charge on any atom is -0.313 e. The molecule has 0 heterocycles. The molecule has 0 saturated heterocycles. The van der Waals surface area contributed by atoms with Gasteiger partial charge in [0.25, 0.3) is 0 Å². The van der Waals surface area contributed by atoms with E-state index in [0.717, 1.165) is 16.5 Å². The molecule has 0 aliphatic heterocycles. The summed E-state index contributed by atoms with van der Waals surface area (Å²) in [6.07, 6.45) is 0.794. The summed E-state index contributed by atoms with van der Waals surface area (Å²) in [5.74, 6) is 0. The smallest absolute Gasteiger partial charge is 0.0624 e. The molecule has 1 unspecified atom stereocenters. The first-order valence-corrected chi connectivity index (χ1v) is 8.70. The largest absolute Gasteiger partial charge is 0.313 e. The average Bonchev–Trinajstić information content (AvgIpc) is 2.43. The maximum absolute atomic E-state index is 6.28. The molecular weight excluding hydrogens is 472 g/mol. The van der Waals surface area contributed by atoms with Crippen LogP contribution < -0.4 is 5.32 Å². The molecule has 2 aromatic rings. The van der Waals surface area contributed by atoms with Gasteiger partial charge in [-0.05, 0) is 71.5 Å². The highest BCUT2D eigenvalue weighted by Gasteiger charge is 2.16. The summed E-state index contributed by atoms with van der Waals surface area (Å²) in [4.78, 5) is 0. The van der Waals surface area contributed by atoms with E-state index in [1.54, 1.807) is 0 Å². The first-order valence-electron chi connectivity index (χ1n) is 6.08. The van der Waals surface area contributed by atoms with Gasteiger partial charge in [-0.1, -0.05) is 51.3 Å². The molecule has 0 saturated carbocycles. The average molecular weight is 485 g/mol. The van der Waals surface area contributed by atoms with Gasteiger partial charge < -0.3 is 5.32 Å². The third kappa shape index (κ3) is 3.89. The van der Waals surface area contributed by atoms with Crippen LogP contribution in [0.25, 0.3) is 0 Å². The second kappa shape index (κ2) is 7.45. The molecule has 2 aromatic carbocycles. The zero-order chi connectivity index (χ0) is 14.7. The molecule has 0 aliphatic carbocycles. The molecule has 0 fully saturated rings. The van der Waals surface area contributed by atoms with Gasteiger partial charge in [-0.3, -0.25) is 0 Å². The third-order valence-corrected chi connectivity index (χ3v) is 5.47. The molecule has 106 valence electrons. The fourth-order valence-electron chi connectivity index (χ4n) is 2.08. The second-order valence-corrected chi connectivity index (χ2v) is 7.29. The fourth-order valence-corrected chi connectivity index (χ4v) is 3.56. The molecule has 0 bridgehead atoms. The Morgan fingerprint density at radius 2 is 2.00 bits per heavy atom. The fraction of sp³-hybridized carbons (Fsp3) is 0.200. The van der Waals surface area contributed by atoms with Gasteiger partial charge in [-0.25, -0.2) is 0 Å². The maximum atomic E-state index is 6.28. The lowest BCUT2D eigenvalue weighted by Crippen LogP contribution is -2.20. The van der Waals surface area contributed by atoms with Crippen LogP contribution in [0.3, 0.4) is 0 Å². The van der Waals surface area contributed by atoms with Crippen LogP contribution in [0, 0.1) is 3.57 Å². The normalized spacial score (nSPS) is 12.4. The summed E-state index contributed by atoms with van der Waals surface area (Å²) in [7, 11) is 1.96. The molecule has 1 N–H and O–H groups in total. The first-order chi connectivity index (χ1) is 9.52. The predicted molar refractivity (Wildman–Crippen MR) is 98.8 cm³/mol. The molecule has 0 radical (unpaired) electrons. The minimum absolute atomic E-state index is 0.190. The van der Waals surface area contributed by atoms with Gasteiger partial charge in [0.05, 0.1) is 10.0 Å². The molecule has 0 spiro atoms. The summed E-state index contributed by atoms with van der Waals surface area (Å²) >= 11 is 18.2. The van der Waals surface area contributed by atoms with E-state index in [4.69, 9.17) is 23.2 Å². The number of rotatable bonds is 4. The molecule has 0 aromatic heterocycles. The lowest BCUT2D eigenvalue weighted by Gasteiger charge is -2.19. The zero-order valence-corrected chi connectivity index (χ0v) is 16.0. The van der Waals surface area contributed by atoms with Gasteiger partial charge in [0.15, 0.2) is 0 Å². The van der Waals surface area contributed by atoms with Crippen LogP contribution in [-0.2, 0) is 6.42 Å². The van der Waals surface area contributed by atoms with Crippen LogP contribution >= 0.6 is 61.7 Å². The van der Waals surface area contributed by atoms with Gasteiger partial charge in [0.2, 0.25) is 0 Å². The molecule has 5 heteroatoms. The highest BCUT2D eigenvalue weighted by molar-refractivity contribution is 14.1. The van der Waals surface area contributed by atoms with Gasteiger partial charge in [-0.2, -0.15) is 0 Å². The van der Waals surface area contributed by atoms with Crippen molar-refractivity contribution in [1.29, 1.82) is 0 Å². The summed E-state index contributed by atoms with van der Waals surface area (Å²) in [5, 5.41) is 4.59. The Kier molecular flexibility index (Phi) is 6.17. The summed E-state index contributed by atoms with van der Waals surface area (Å²) in [6.45, 7) is 0. The van der Waals surface area contributed by atoms with Crippen molar-refractivity contribution in [2.75, 3.05) is 7.05 Å². The van der Waals surface area contributed by atoms with Crippen molar-refractivity contribution < 1.29 is 0 Å². The van der Waals surface area contributed by atoms with Crippen LogP contribution in [0.5, 0.6) is 0 Å². The quantitative estimate of drug-likeness (QED) is 0.536. The van der Waals surface area contributed by atoms with Crippen molar-refractivity contribution in [2.24, 2.45) is 0 Å². The molecule has 0 amide bonds. The number of nitrogens with one attached hydrogen (secondary N) is 1. The van der Waals surface area contributed by atoms with Crippen molar-refractivity contribution >= 4 is 61.7 Å². The third-order valence-electron chi connectivity index (χ3n) is 3.14. The molecule has 1 nitrogen and oxygen atoms in total. The van der Waals surface area contributed by atoms with E-state index >= 15 is 0 Å². The lowest BCUT2D eigenvalue weighted by atomic mass is 9.99. The Bertz CT molecular complexity index is 619. The highest BCUT2D eigenvalue weighted by Crippen LogP contribution is 2.31. The number of halogens is 4. The SMILES string of the molecule is CNC(Cc1cccc(Cl)c1Cl)c1cc(Br)ccc1I.